The third-order valence-electron chi connectivity index (χ3n) is 5.83. The number of hydrogen-bond acceptors (Lipinski definition) is 4. The predicted molar refractivity (Wildman–Crippen MR) is 114 cm³/mol. The molecule has 0 bridgehead atoms. The molecule has 2 aromatic carbocycles. The van der Waals surface area contributed by atoms with E-state index in [4.69, 9.17) is 9.47 Å². The molecule has 0 saturated carbocycles. The molecule has 3 rings (SSSR count). The van der Waals surface area contributed by atoms with Crippen LogP contribution in [0.25, 0.3) is 0 Å². The molecule has 1 aliphatic heterocycles. The zero-order chi connectivity index (χ0) is 21.0. The summed E-state index contributed by atoms with van der Waals surface area (Å²) in [6, 6.07) is 14.3. The third kappa shape index (κ3) is 4.56. The fourth-order valence-electron chi connectivity index (χ4n) is 4.22. The number of methoxy groups -OCH3 is 2. The van der Waals surface area contributed by atoms with Gasteiger partial charge in [-0.1, -0.05) is 44.2 Å². The lowest BCUT2D eigenvalue weighted by Gasteiger charge is -2.38. The van der Waals surface area contributed by atoms with Crippen molar-refractivity contribution in [3.63, 3.8) is 0 Å². The fourth-order valence-corrected chi connectivity index (χ4v) is 4.22. The summed E-state index contributed by atoms with van der Waals surface area (Å²) in [7, 11) is 3.32. The van der Waals surface area contributed by atoms with Crippen LogP contribution in [0.15, 0.2) is 42.5 Å². The van der Waals surface area contributed by atoms with Crippen LogP contribution < -0.4 is 9.47 Å². The van der Waals surface area contributed by atoms with Gasteiger partial charge in [-0.3, -0.25) is 9.69 Å². The molecule has 1 N–H and O–H groups in total. The summed E-state index contributed by atoms with van der Waals surface area (Å²) in [6.45, 7) is 5.70. The number of rotatable bonds is 7. The summed E-state index contributed by atoms with van der Waals surface area (Å²) in [5.74, 6) is 0.867. The first kappa shape index (κ1) is 21.2. The number of ether oxygens (including phenoxy) is 2. The Bertz CT molecular complexity index is 809. The first-order valence-electron chi connectivity index (χ1n) is 10.2. The number of nitrogens with zero attached hydrogens (tertiary/aromatic N) is 1. The second-order valence-electron chi connectivity index (χ2n) is 7.97. The van der Waals surface area contributed by atoms with Crippen molar-refractivity contribution in [2.24, 2.45) is 5.92 Å². The van der Waals surface area contributed by atoms with Crippen molar-refractivity contribution in [3.8, 4) is 11.5 Å². The topological polar surface area (TPSA) is 59.0 Å². The highest BCUT2D eigenvalue weighted by molar-refractivity contribution is 5.70. The van der Waals surface area contributed by atoms with Crippen LogP contribution in [-0.2, 0) is 4.79 Å². The molecule has 2 atom stereocenters. The summed E-state index contributed by atoms with van der Waals surface area (Å²) in [5, 5.41) is 9.60. The van der Waals surface area contributed by atoms with Gasteiger partial charge in [-0.05, 0) is 48.6 Å². The van der Waals surface area contributed by atoms with Gasteiger partial charge in [-0.2, -0.15) is 0 Å². The summed E-state index contributed by atoms with van der Waals surface area (Å²) < 4.78 is 11.4. The Balaban J connectivity index is 2.11. The highest BCUT2D eigenvalue weighted by Gasteiger charge is 2.34. The molecule has 0 aliphatic carbocycles. The van der Waals surface area contributed by atoms with Crippen molar-refractivity contribution in [1.82, 2.24) is 4.90 Å². The van der Waals surface area contributed by atoms with Crippen LogP contribution in [-0.4, -0.2) is 43.3 Å². The molecule has 156 valence electrons. The van der Waals surface area contributed by atoms with Gasteiger partial charge in [-0.25, -0.2) is 0 Å². The zero-order valence-corrected chi connectivity index (χ0v) is 17.7. The first-order valence-corrected chi connectivity index (χ1v) is 10.2. The van der Waals surface area contributed by atoms with E-state index < -0.39 is 5.97 Å². The lowest BCUT2D eigenvalue weighted by Crippen LogP contribution is -2.41. The first-order chi connectivity index (χ1) is 14.0. The average molecular weight is 398 g/mol. The molecule has 1 aliphatic rings. The number of carboxylic acid groups (broad SMARTS) is 1. The number of aliphatic carboxylic acids is 1. The summed E-state index contributed by atoms with van der Waals surface area (Å²) >= 11 is 0. The van der Waals surface area contributed by atoms with E-state index in [2.05, 4.69) is 43.0 Å². The molecular weight excluding hydrogens is 366 g/mol. The van der Waals surface area contributed by atoms with E-state index in [0.29, 0.717) is 18.9 Å². The van der Waals surface area contributed by atoms with Crippen LogP contribution in [0.1, 0.15) is 55.3 Å². The number of likely N-dealkylation sites (tertiary alicyclic amines) is 1. The molecule has 2 aromatic rings. The molecule has 1 heterocycles. The number of benzene rings is 2. The SMILES string of the molecule is COc1cccc(OC)c1C(c1ccc(C(C)C)cc1)N1CCCC(C(=O)O)C1. The smallest absolute Gasteiger partial charge is 0.307 e. The van der Waals surface area contributed by atoms with Crippen molar-refractivity contribution in [3.05, 3.63) is 59.2 Å². The number of piperidine rings is 1. The number of hydrogen-bond donors (Lipinski definition) is 1. The molecule has 5 nitrogen and oxygen atoms in total. The summed E-state index contributed by atoms with van der Waals surface area (Å²) in [6.07, 6.45) is 1.57. The third-order valence-corrected chi connectivity index (χ3v) is 5.83. The second-order valence-corrected chi connectivity index (χ2v) is 7.97. The Morgan fingerprint density at radius 3 is 2.14 bits per heavy atom. The summed E-state index contributed by atoms with van der Waals surface area (Å²) in [4.78, 5) is 13.9. The van der Waals surface area contributed by atoms with Gasteiger partial charge in [0.05, 0.1) is 31.7 Å². The largest absolute Gasteiger partial charge is 0.496 e. The molecule has 29 heavy (non-hydrogen) atoms. The van der Waals surface area contributed by atoms with E-state index in [1.165, 1.54) is 5.56 Å². The Labute approximate surface area is 173 Å². The van der Waals surface area contributed by atoms with Crippen LogP contribution in [0.5, 0.6) is 11.5 Å². The Morgan fingerprint density at radius 2 is 1.62 bits per heavy atom. The van der Waals surface area contributed by atoms with Gasteiger partial charge < -0.3 is 14.6 Å². The van der Waals surface area contributed by atoms with Gasteiger partial charge in [0.1, 0.15) is 11.5 Å². The fraction of sp³-hybridized carbons (Fsp3) is 0.458. The zero-order valence-electron chi connectivity index (χ0n) is 17.7. The molecule has 1 fully saturated rings. The maximum absolute atomic E-state index is 11.7. The average Bonchev–Trinajstić information content (AvgIpc) is 2.74. The van der Waals surface area contributed by atoms with E-state index in [-0.39, 0.29) is 12.0 Å². The Hall–Kier alpha value is -2.53. The molecule has 0 radical (unpaired) electrons. The highest BCUT2D eigenvalue weighted by atomic mass is 16.5. The minimum absolute atomic E-state index is 0.135. The summed E-state index contributed by atoms with van der Waals surface area (Å²) in [5.41, 5.74) is 3.34. The number of carbonyl (C=O) groups is 1. The Kier molecular flexibility index (Phi) is 6.80. The molecule has 0 amide bonds. The van der Waals surface area contributed by atoms with Crippen molar-refractivity contribution < 1.29 is 19.4 Å². The Morgan fingerprint density at radius 1 is 1.03 bits per heavy atom. The van der Waals surface area contributed by atoms with Gasteiger partial charge >= 0.3 is 5.97 Å². The maximum atomic E-state index is 11.7. The minimum atomic E-state index is -0.726. The minimum Gasteiger partial charge on any atom is -0.496 e. The van der Waals surface area contributed by atoms with Gasteiger partial charge in [-0.15, -0.1) is 0 Å². The van der Waals surface area contributed by atoms with E-state index >= 15 is 0 Å². The van der Waals surface area contributed by atoms with Crippen molar-refractivity contribution in [1.29, 1.82) is 0 Å². The quantitative estimate of drug-likeness (QED) is 0.733. The van der Waals surface area contributed by atoms with E-state index in [0.717, 1.165) is 35.6 Å². The lowest BCUT2D eigenvalue weighted by atomic mass is 9.89. The van der Waals surface area contributed by atoms with Crippen molar-refractivity contribution in [2.75, 3.05) is 27.3 Å². The van der Waals surface area contributed by atoms with Crippen LogP contribution in [0.2, 0.25) is 0 Å². The van der Waals surface area contributed by atoms with Crippen LogP contribution in [0.3, 0.4) is 0 Å². The predicted octanol–water partition coefficient (Wildman–Crippen LogP) is 4.71. The van der Waals surface area contributed by atoms with Crippen molar-refractivity contribution >= 4 is 5.97 Å². The highest BCUT2D eigenvalue weighted by Crippen LogP contribution is 2.42. The normalized spacial score (nSPS) is 18.4. The molecular formula is C24H31NO4. The molecule has 5 heteroatoms. The van der Waals surface area contributed by atoms with Crippen LogP contribution in [0.4, 0.5) is 0 Å². The maximum Gasteiger partial charge on any atom is 0.307 e. The van der Waals surface area contributed by atoms with E-state index in [9.17, 15) is 9.90 Å². The van der Waals surface area contributed by atoms with Crippen LogP contribution >= 0.6 is 0 Å². The van der Waals surface area contributed by atoms with Gasteiger partial charge in [0, 0.05) is 6.54 Å². The van der Waals surface area contributed by atoms with Gasteiger partial charge in [0.25, 0.3) is 0 Å². The van der Waals surface area contributed by atoms with Crippen molar-refractivity contribution in [2.45, 2.75) is 38.6 Å². The molecule has 0 spiro atoms. The molecule has 2 unspecified atom stereocenters. The van der Waals surface area contributed by atoms with Gasteiger partial charge in [0.15, 0.2) is 0 Å². The molecule has 0 aromatic heterocycles. The van der Waals surface area contributed by atoms with E-state index in [1.807, 2.05) is 18.2 Å². The van der Waals surface area contributed by atoms with Crippen LogP contribution in [0, 0.1) is 5.92 Å². The second kappa shape index (κ2) is 9.31. The van der Waals surface area contributed by atoms with E-state index in [1.54, 1.807) is 14.2 Å². The number of carboxylic acids is 1. The van der Waals surface area contributed by atoms with Gasteiger partial charge in [0.2, 0.25) is 0 Å². The monoisotopic (exact) mass is 397 g/mol. The standard InChI is InChI=1S/C24H31NO4/c1-16(2)17-10-12-18(13-11-17)23(25-14-6-7-19(15-25)24(26)27)22-20(28-3)8-5-9-21(22)29-4/h5,8-13,16,19,23H,6-7,14-15H2,1-4H3,(H,26,27). The molecule has 1 saturated heterocycles. The lowest BCUT2D eigenvalue weighted by molar-refractivity contribution is -0.143.